The summed E-state index contributed by atoms with van der Waals surface area (Å²) in [5.74, 6) is 0. The first-order valence-corrected chi connectivity index (χ1v) is 8.54. The molecule has 3 aromatic carbocycles. The van der Waals surface area contributed by atoms with Gasteiger partial charge in [-0.15, -0.1) is 0 Å². The van der Waals surface area contributed by atoms with Crippen LogP contribution in [0.2, 0.25) is 0 Å². The molecule has 0 radical (unpaired) electrons. The third-order valence-corrected chi connectivity index (χ3v) is 4.97. The van der Waals surface area contributed by atoms with E-state index in [1.54, 1.807) is 0 Å². The highest BCUT2D eigenvalue weighted by atomic mass is 79.9. The summed E-state index contributed by atoms with van der Waals surface area (Å²) in [4.78, 5) is 3.93. The monoisotopic (exact) mass is 394 g/mol. The van der Waals surface area contributed by atoms with Crippen LogP contribution in [0.5, 0.6) is 0 Å². The Balaban J connectivity index is 0.00000182. The summed E-state index contributed by atoms with van der Waals surface area (Å²) in [7, 11) is 0. The average molecular weight is 395 g/mol. The number of hydrogen-bond donors (Lipinski definition) is 1. The molecule has 0 fully saturated rings. The predicted molar refractivity (Wildman–Crippen MR) is 100 cm³/mol. The number of rotatable bonds is 3. The second-order valence-electron chi connectivity index (χ2n) is 6.64. The Morgan fingerprint density at radius 1 is 0.840 bits per heavy atom. The van der Waals surface area contributed by atoms with Crippen LogP contribution in [0.4, 0.5) is 17.1 Å². The van der Waals surface area contributed by atoms with Crippen molar-refractivity contribution in [3.05, 3.63) is 89.5 Å². The Kier molecular flexibility index (Phi) is 5.26. The smallest absolute Gasteiger partial charge is 0.162 e. The maximum absolute atomic E-state index is 2.50. The minimum atomic E-state index is 0. The number of benzene rings is 3. The zero-order chi connectivity index (χ0) is 16.5. The molecule has 1 atom stereocenters. The van der Waals surface area contributed by atoms with Crippen LogP contribution in [0.15, 0.2) is 72.8 Å². The molecule has 0 spiro atoms. The van der Waals surface area contributed by atoms with Crippen LogP contribution < -0.4 is 26.8 Å². The van der Waals surface area contributed by atoms with Crippen molar-refractivity contribution in [1.82, 2.24) is 0 Å². The number of fused-ring (bicyclic) bond motifs is 1. The van der Waals surface area contributed by atoms with Crippen LogP contribution in [-0.4, -0.2) is 6.67 Å². The molecule has 25 heavy (non-hydrogen) atoms. The van der Waals surface area contributed by atoms with Crippen molar-refractivity contribution in [1.29, 1.82) is 0 Å². The summed E-state index contributed by atoms with van der Waals surface area (Å²) >= 11 is 0. The number of para-hydroxylation sites is 1. The molecule has 0 saturated heterocycles. The number of nitrogens with zero attached hydrogens (tertiary/aromatic N) is 1. The van der Waals surface area contributed by atoms with Gasteiger partial charge in [-0.2, -0.15) is 0 Å². The number of hydrogen-bond acceptors (Lipinski definition) is 1. The van der Waals surface area contributed by atoms with Crippen LogP contribution >= 0.6 is 0 Å². The highest BCUT2D eigenvalue weighted by Crippen LogP contribution is 2.32. The second kappa shape index (κ2) is 7.42. The highest BCUT2D eigenvalue weighted by Gasteiger charge is 2.32. The highest BCUT2D eigenvalue weighted by molar-refractivity contribution is 5.69. The molecule has 0 aliphatic carbocycles. The van der Waals surface area contributed by atoms with Crippen LogP contribution in [-0.2, 0) is 6.54 Å². The van der Waals surface area contributed by atoms with Crippen LogP contribution in [0.25, 0.3) is 0 Å². The number of aryl methyl sites for hydroxylation is 2. The quantitative estimate of drug-likeness (QED) is 0.699. The maximum atomic E-state index is 2.50. The van der Waals surface area contributed by atoms with E-state index in [9.17, 15) is 0 Å². The summed E-state index contributed by atoms with van der Waals surface area (Å²) in [5.41, 5.74) is 8.17. The summed E-state index contributed by atoms with van der Waals surface area (Å²) < 4.78 is 0. The predicted octanol–water partition coefficient (Wildman–Crippen LogP) is 1.13. The minimum absolute atomic E-state index is 0. The Labute approximate surface area is 160 Å². The molecule has 3 aromatic rings. The SMILES string of the molecule is Cc1cc2c(cc1C)[NH+](c1ccccc1)CN2Cc1ccccc1.[Br-]. The number of quaternary nitrogens is 1. The van der Waals surface area contributed by atoms with Crippen molar-refractivity contribution in [3.63, 3.8) is 0 Å². The van der Waals surface area contributed by atoms with Crippen molar-refractivity contribution in [2.45, 2.75) is 20.4 Å². The molecular weight excluding hydrogens is 372 g/mol. The standard InChI is InChI=1S/C22H22N2.BrH/c1-17-13-21-22(14-18(17)2)24(20-11-7-4-8-12-20)16-23(21)15-19-9-5-3-6-10-19;/h3-14H,15-16H2,1-2H3;1H. The molecule has 0 amide bonds. The summed E-state index contributed by atoms with van der Waals surface area (Å²) in [6, 6.07) is 26.2. The molecule has 2 nitrogen and oxygen atoms in total. The van der Waals surface area contributed by atoms with Gasteiger partial charge in [0.25, 0.3) is 0 Å². The molecule has 0 saturated carbocycles. The fourth-order valence-corrected chi connectivity index (χ4v) is 3.50. The minimum Gasteiger partial charge on any atom is -1.00 e. The van der Waals surface area contributed by atoms with Gasteiger partial charge in [0.05, 0.1) is 0 Å². The van der Waals surface area contributed by atoms with Crippen LogP contribution in [0.3, 0.4) is 0 Å². The molecule has 1 aliphatic heterocycles. The van der Waals surface area contributed by atoms with Crippen molar-refractivity contribution >= 4 is 17.1 Å². The van der Waals surface area contributed by atoms with E-state index in [0.717, 1.165) is 13.2 Å². The van der Waals surface area contributed by atoms with Gasteiger partial charge in [0.1, 0.15) is 11.4 Å². The largest absolute Gasteiger partial charge is 1.00 e. The Bertz CT molecular complexity index is 847. The number of anilines is 1. The maximum Gasteiger partial charge on any atom is 0.162 e. The number of halogens is 1. The van der Waals surface area contributed by atoms with Gasteiger partial charge in [-0.1, -0.05) is 48.5 Å². The van der Waals surface area contributed by atoms with Gasteiger partial charge in [0, 0.05) is 12.6 Å². The molecule has 4 rings (SSSR count). The van der Waals surface area contributed by atoms with E-state index in [2.05, 4.69) is 91.5 Å². The Hall–Kier alpha value is -2.10. The normalized spacial score (nSPS) is 15.6. The summed E-state index contributed by atoms with van der Waals surface area (Å²) in [6.07, 6.45) is 0. The van der Waals surface area contributed by atoms with Gasteiger partial charge < -0.3 is 21.9 Å². The number of nitrogens with one attached hydrogen (secondary N) is 1. The van der Waals surface area contributed by atoms with Crippen LogP contribution in [0, 0.1) is 13.8 Å². The molecule has 1 unspecified atom stereocenters. The molecule has 128 valence electrons. The lowest BCUT2D eigenvalue weighted by atomic mass is 10.1. The lowest BCUT2D eigenvalue weighted by Gasteiger charge is -2.17. The summed E-state index contributed by atoms with van der Waals surface area (Å²) in [6.45, 7) is 6.33. The van der Waals surface area contributed by atoms with Crippen molar-refractivity contribution in [2.24, 2.45) is 0 Å². The van der Waals surface area contributed by atoms with E-state index in [-0.39, 0.29) is 17.0 Å². The molecule has 1 heterocycles. The topological polar surface area (TPSA) is 7.68 Å². The van der Waals surface area contributed by atoms with Gasteiger partial charge in [0.2, 0.25) is 0 Å². The first kappa shape index (κ1) is 17.7. The first-order chi connectivity index (χ1) is 11.7. The Morgan fingerprint density at radius 2 is 1.44 bits per heavy atom. The van der Waals surface area contributed by atoms with Crippen molar-refractivity contribution < 1.29 is 21.9 Å². The average Bonchev–Trinajstić information content (AvgIpc) is 2.95. The van der Waals surface area contributed by atoms with Crippen molar-refractivity contribution in [2.75, 3.05) is 11.6 Å². The van der Waals surface area contributed by atoms with Crippen LogP contribution in [0.1, 0.15) is 16.7 Å². The van der Waals surface area contributed by atoms with Gasteiger partial charge in [-0.05, 0) is 48.7 Å². The van der Waals surface area contributed by atoms with E-state index >= 15 is 0 Å². The third kappa shape index (κ3) is 3.48. The molecule has 1 N–H and O–H groups in total. The Morgan fingerprint density at radius 3 is 2.12 bits per heavy atom. The van der Waals surface area contributed by atoms with E-state index in [1.165, 1.54) is 38.7 Å². The fourth-order valence-electron chi connectivity index (χ4n) is 3.50. The molecule has 0 bridgehead atoms. The fraction of sp³-hybridized carbons (Fsp3) is 0.182. The van der Waals surface area contributed by atoms with Gasteiger partial charge in [-0.3, -0.25) is 4.90 Å². The second-order valence-corrected chi connectivity index (χ2v) is 6.64. The van der Waals surface area contributed by atoms with E-state index in [0.29, 0.717) is 0 Å². The lowest BCUT2D eigenvalue weighted by molar-refractivity contribution is -0.752. The van der Waals surface area contributed by atoms with Gasteiger partial charge >= 0.3 is 0 Å². The van der Waals surface area contributed by atoms with E-state index in [1.807, 2.05) is 0 Å². The van der Waals surface area contributed by atoms with Gasteiger partial charge in [0.15, 0.2) is 12.4 Å². The van der Waals surface area contributed by atoms with E-state index in [4.69, 9.17) is 0 Å². The van der Waals surface area contributed by atoms with E-state index < -0.39 is 0 Å². The molecule has 0 aromatic heterocycles. The lowest BCUT2D eigenvalue weighted by Crippen LogP contribution is -3.01. The van der Waals surface area contributed by atoms with Gasteiger partial charge in [-0.25, -0.2) is 0 Å². The zero-order valence-corrected chi connectivity index (χ0v) is 16.3. The third-order valence-electron chi connectivity index (χ3n) is 4.97. The molecule has 1 aliphatic rings. The molecule has 3 heteroatoms. The first-order valence-electron chi connectivity index (χ1n) is 8.54. The summed E-state index contributed by atoms with van der Waals surface area (Å²) in [5, 5.41) is 0. The van der Waals surface area contributed by atoms with Crippen molar-refractivity contribution in [3.8, 4) is 0 Å². The molecular formula is C22H23BrN2. The zero-order valence-electron chi connectivity index (χ0n) is 14.7.